The number of amides is 1. The van der Waals surface area contributed by atoms with Gasteiger partial charge in [-0.2, -0.15) is 0 Å². The van der Waals surface area contributed by atoms with Gasteiger partial charge in [-0.1, -0.05) is 24.3 Å². The molecule has 0 aliphatic rings. The van der Waals surface area contributed by atoms with E-state index in [1.165, 1.54) is 0 Å². The second-order valence-electron chi connectivity index (χ2n) is 4.76. The summed E-state index contributed by atoms with van der Waals surface area (Å²) >= 11 is 0. The average Bonchev–Trinajstić information content (AvgIpc) is 2.55. The Hall–Kier alpha value is -2.36. The number of hydrogen-bond acceptors (Lipinski definition) is 3. The number of para-hydroxylation sites is 1. The summed E-state index contributed by atoms with van der Waals surface area (Å²) in [6, 6.07) is 15.8. The summed E-state index contributed by atoms with van der Waals surface area (Å²) in [6.45, 7) is 4.18. The number of carbonyl (C=O) groups is 1. The lowest BCUT2D eigenvalue weighted by Gasteiger charge is -2.22. The summed E-state index contributed by atoms with van der Waals surface area (Å²) in [5.74, 6) is 0.0510. The molecule has 21 heavy (non-hydrogen) atoms. The van der Waals surface area contributed by atoms with E-state index in [0.29, 0.717) is 19.5 Å². The molecule has 0 spiro atoms. The summed E-state index contributed by atoms with van der Waals surface area (Å²) in [5.41, 5.74) is 2.03. The van der Waals surface area contributed by atoms with E-state index in [1.807, 2.05) is 36.4 Å². The topological polar surface area (TPSA) is 45.2 Å². The van der Waals surface area contributed by atoms with Crippen molar-refractivity contribution < 1.29 is 4.79 Å². The third-order valence-electron chi connectivity index (χ3n) is 3.30. The van der Waals surface area contributed by atoms with Crippen LogP contribution in [0, 0.1) is 0 Å². The quantitative estimate of drug-likeness (QED) is 0.849. The molecule has 0 atom stereocenters. The SMILES string of the molecule is CCN(CCC(=O)NCc1ccccn1)c1ccccc1. The van der Waals surface area contributed by atoms with Crippen molar-refractivity contribution in [3.63, 3.8) is 0 Å². The average molecular weight is 283 g/mol. The maximum absolute atomic E-state index is 11.9. The highest BCUT2D eigenvalue weighted by Crippen LogP contribution is 2.12. The van der Waals surface area contributed by atoms with Gasteiger partial charge in [-0.05, 0) is 31.2 Å². The summed E-state index contributed by atoms with van der Waals surface area (Å²) in [4.78, 5) is 18.3. The fourth-order valence-corrected chi connectivity index (χ4v) is 2.13. The fourth-order valence-electron chi connectivity index (χ4n) is 2.13. The Bertz CT molecular complexity index is 542. The molecule has 1 aromatic heterocycles. The normalized spacial score (nSPS) is 10.1. The third kappa shape index (κ3) is 4.91. The molecular formula is C17H21N3O. The van der Waals surface area contributed by atoms with Gasteiger partial charge in [0.25, 0.3) is 0 Å². The number of carbonyl (C=O) groups excluding carboxylic acids is 1. The molecule has 0 bridgehead atoms. The highest BCUT2D eigenvalue weighted by Gasteiger charge is 2.07. The van der Waals surface area contributed by atoms with Crippen LogP contribution in [0.4, 0.5) is 5.69 Å². The molecule has 0 radical (unpaired) electrons. The monoisotopic (exact) mass is 283 g/mol. The van der Waals surface area contributed by atoms with Crippen LogP contribution in [0.15, 0.2) is 54.7 Å². The summed E-state index contributed by atoms with van der Waals surface area (Å²) < 4.78 is 0. The summed E-state index contributed by atoms with van der Waals surface area (Å²) in [7, 11) is 0. The number of nitrogens with zero attached hydrogens (tertiary/aromatic N) is 2. The molecule has 4 heteroatoms. The maximum atomic E-state index is 11.9. The second kappa shape index (κ2) is 8.04. The van der Waals surface area contributed by atoms with Gasteiger partial charge in [0.15, 0.2) is 0 Å². The van der Waals surface area contributed by atoms with Crippen molar-refractivity contribution in [2.75, 3.05) is 18.0 Å². The summed E-state index contributed by atoms with van der Waals surface area (Å²) in [5, 5.41) is 2.90. The number of benzene rings is 1. The molecule has 0 saturated heterocycles. The first-order chi connectivity index (χ1) is 10.3. The molecule has 0 aliphatic carbocycles. The van der Waals surface area contributed by atoms with Crippen molar-refractivity contribution in [3.05, 3.63) is 60.4 Å². The van der Waals surface area contributed by atoms with E-state index in [0.717, 1.165) is 17.9 Å². The molecular weight excluding hydrogens is 262 g/mol. The first-order valence-electron chi connectivity index (χ1n) is 7.26. The van der Waals surface area contributed by atoms with Crippen molar-refractivity contribution in [1.29, 1.82) is 0 Å². The van der Waals surface area contributed by atoms with Crippen LogP contribution < -0.4 is 10.2 Å². The lowest BCUT2D eigenvalue weighted by Crippen LogP contribution is -2.30. The van der Waals surface area contributed by atoms with Crippen LogP contribution in [-0.4, -0.2) is 24.0 Å². The molecule has 4 nitrogen and oxygen atoms in total. The van der Waals surface area contributed by atoms with Crippen LogP contribution in [0.3, 0.4) is 0 Å². The van der Waals surface area contributed by atoms with E-state index in [4.69, 9.17) is 0 Å². The largest absolute Gasteiger partial charge is 0.371 e. The Kier molecular flexibility index (Phi) is 5.76. The molecule has 1 aromatic carbocycles. The maximum Gasteiger partial charge on any atom is 0.222 e. The van der Waals surface area contributed by atoms with Crippen molar-refractivity contribution >= 4 is 11.6 Å². The Labute approximate surface area is 125 Å². The van der Waals surface area contributed by atoms with Gasteiger partial charge in [0.05, 0.1) is 12.2 Å². The number of aromatic nitrogens is 1. The molecule has 2 aromatic rings. The number of hydrogen-bond donors (Lipinski definition) is 1. The van der Waals surface area contributed by atoms with Gasteiger partial charge in [0, 0.05) is 31.4 Å². The van der Waals surface area contributed by atoms with E-state index >= 15 is 0 Å². The standard InChI is InChI=1S/C17H21N3O/c1-2-20(16-9-4-3-5-10-16)13-11-17(21)19-14-15-8-6-7-12-18-15/h3-10,12H,2,11,13-14H2,1H3,(H,19,21). The first kappa shape index (κ1) is 15.0. The Balaban J connectivity index is 1.77. The van der Waals surface area contributed by atoms with Crippen molar-refractivity contribution in [2.45, 2.75) is 19.9 Å². The van der Waals surface area contributed by atoms with E-state index in [2.05, 4.69) is 34.3 Å². The van der Waals surface area contributed by atoms with Gasteiger partial charge in [0.1, 0.15) is 0 Å². The predicted octanol–water partition coefficient (Wildman–Crippen LogP) is 2.61. The van der Waals surface area contributed by atoms with Gasteiger partial charge >= 0.3 is 0 Å². The zero-order valence-electron chi connectivity index (χ0n) is 12.3. The van der Waals surface area contributed by atoms with Crippen molar-refractivity contribution in [2.24, 2.45) is 0 Å². The first-order valence-corrected chi connectivity index (χ1v) is 7.26. The molecule has 1 N–H and O–H groups in total. The Morgan fingerprint density at radius 1 is 1.14 bits per heavy atom. The number of pyridine rings is 1. The molecule has 0 fully saturated rings. The van der Waals surface area contributed by atoms with Gasteiger partial charge in [-0.3, -0.25) is 9.78 Å². The van der Waals surface area contributed by atoms with Crippen LogP contribution >= 0.6 is 0 Å². The molecule has 110 valence electrons. The lowest BCUT2D eigenvalue weighted by molar-refractivity contribution is -0.121. The molecule has 0 saturated carbocycles. The van der Waals surface area contributed by atoms with Gasteiger partial charge in [0.2, 0.25) is 5.91 Å². The van der Waals surface area contributed by atoms with Crippen LogP contribution in [0.25, 0.3) is 0 Å². The number of nitrogens with one attached hydrogen (secondary N) is 1. The number of rotatable bonds is 7. The molecule has 1 heterocycles. The van der Waals surface area contributed by atoms with Crippen LogP contribution in [0.2, 0.25) is 0 Å². The highest BCUT2D eigenvalue weighted by atomic mass is 16.1. The molecule has 0 unspecified atom stereocenters. The van der Waals surface area contributed by atoms with E-state index in [1.54, 1.807) is 6.20 Å². The second-order valence-corrected chi connectivity index (χ2v) is 4.76. The van der Waals surface area contributed by atoms with Crippen LogP contribution in [0.1, 0.15) is 19.0 Å². The Morgan fingerprint density at radius 2 is 1.90 bits per heavy atom. The van der Waals surface area contributed by atoms with Gasteiger partial charge < -0.3 is 10.2 Å². The van der Waals surface area contributed by atoms with Crippen molar-refractivity contribution in [3.8, 4) is 0 Å². The summed E-state index contributed by atoms with van der Waals surface area (Å²) in [6.07, 6.45) is 2.21. The fraction of sp³-hybridized carbons (Fsp3) is 0.294. The smallest absolute Gasteiger partial charge is 0.222 e. The van der Waals surface area contributed by atoms with Crippen LogP contribution in [-0.2, 0) is 11.3 Å². The van der Waals surface area contributed by atoms with E-state index in [9.17, 15) is 4.79 Å². The minimum absolute atomic E-state index is 0.0510. The molecule has 1 amide bonds. The van der Waals surface area contributed by atoms with E-state index in [-0.39, 0.29) is 5.91 Å². The zero-order chi connectivity index (χ0) is 14.9. The lowest BCUT2D eigenvalue weighted by atomic mass is 10.2. The highest BCUT2D eigenvalue weighted by molar-refractivity contribution is 5.76. The van der Waals surface area contributed by atoms with Gasteiger partial charge in [-0.15, -0.1) is 0 Å². The molecule has 2 rings (SSSR count). The third-order valence-corrected chi connectivity index (χ3v) is 3.30. The van der Waals surface area contributed by atoms with Gasteiger partial charge in [-0.25, -0.2) is 0 Å². The molecule has 0 aliphatic heterocycles. The van der Waals surface area contributed by atoms with Crippen molar-refractivity contribution in [1.82, 2.24) is 10.3 Å². The minimum Gasteiger partial charge on any atom is -0.371 e. The Morgan fingerprint density at radius 3 is 2.57 bits per heavy atom. The minimum atomic E-state index is 0.0510. The predicted molar refractivity (Wildman–Crippen MR) is 85.0 cm³/mol. The zero-order valence-corrected chi connectivity index (χ0v) is 12.3. The van der Waals surface area contributed by atoms with Crippen LogP contribution in [0.5, 0.6) is 0 Å². The van der Waals surface area contributed by atoms with E-state index < -0.39 is 0 Å². The number of anilines is 1.